The Hall–Kier alpha value is -2.40. The monoisotopic (exact) mass is 326 g/mol. The third kappa shape index (κ3) is 3.68. The maximum absolute atomic E-state index is 12.4. The first kappa shape index (κ1) is 15.5. The number of benzene rings is 1. The Morgan fingerprint density at radius 2 is 2.04 bits per heavy atom. The van der Waals surface area contributed by atoms with Crippen molar-refractivity contribution < 1.29 is 9.32 Å². The molecule has 1 N–H and O–H groups in total. The second kappa shape index (κ2) is 6.79. The van der Waals surface area contributed by atoms with Crippen molar-refractivity contribution >= 4 is 17.2 Å². The highest BCUT2D eigenvalue weighted by Crippen LogP contribution is 2.27. The average Bonchev–Trinajstić information content (AvgIpc) is 3.16. The number of hydrogen-bond donors (Lipinski definition) is 1. The van der Waals surface area contributed by atoms with Gasteiger partial charge < -0.3 is 9.84 Å². The minimum atomic E-state index is -0.237. The molecule has 2 aromatic heterocycles. The first-order valence-electron chi connectivity index (χ1n) is 7.45. The van der Waals surface area contributed by atoms with Gasteiger partial charge in [-0.25, -0.2) is 0 Å². The van der Waals surface area contributed by atoms with Gasteiger partial charge in [-0.3, -0.25) is 4.79 Å². The molecule has 1 aromatic carbocycles. The summed E-state index contributed by atoms with van der Waals surface area (Å²) >= 11 is 1.66. The van der Waals surface area contributed by atoms with E-state index in [-0.39, 0.29) is 17.7 Å². The third-order valence-corrected chi connectivity index (χ3v) is 4.79. The zero-order valence-electron chi connectivity index (χ0n) is 13.1. The van der Waals surface area contributed by atoms with Gasteiger partial charge >= 0.3 is 0 Å². The number of thiophene rings is 1. The maximum Gasteiger partial charge on any atom is 0.290 e. The number of aromatic nitrogens is 1. The Kier molecular flexibility index (Phi) is 4.57. The fraction of sp³-hybridized carbons (Fsp3) is 0.222. The molecule has 1 unspecified atom stereocenters. The van der Waals surface area contributed by atoms with Crippen LogP contribution in [0.4, 0.5) is 0 Å². The summed E-state index contributed by atoms with van der Waals surface area (Å²) in [6.45, 7) is 3.86. The smallest absolute Gasteiger partial charge is 0.290 e. The predicted octanol–water partition coefficient (Wildman–Crippen LogP) is 4.07. The lowest BCUT2D eigenvalue weighted by Crippen LogP contribution is -2.29. The van der Waals surface area contributed by atoms with E-state index in [1.165, 1.54) is 16.0 Å². The fourth-order valence-electron chi connectivity index (χ4n) is 2.50. The van der Waals surface area contributed by atoms with Crippen LogP contribution >= 0.6 is 11.3 Å². The molecule has 1 amide bonds. The number of nitrogens with one attached hydrogen (secondary N) is 1. The van der Waals surface area contributed by atoms with Crippen LogP contribution in [-0.2, 0) is 6.42 Å². The zero-order valence-corrected chi connectivity index (χ0v) is 13.9. The molecule has 2 heterocycles. The van der Waals surface area contributed by atoms with Gasteiger partial charge in [0.2, 0.25) is 5.76 Å². The molecule has 23 heavy (non-hydrogen) atoms. The topological polar surface area (TPSA) is 55.1 Å². The van der Waals surface area contributed by atoms with E-state index in [4.69, 9.17) is 4.52 Å². The molecule has 0 saturated heterocycles. The number of amides is 1. The molecule has 1 atom stereocenters. The molecule has 0 aliphatic rings. The van der Waals surface area contributed by atoms with E-state index in [0.29, 0.717) is 5.69 Å². The van der Waals surface area contributed by atoms with Crippen LogP contribution in [0.3, 0.4) is 0 Å². The van der Waals surface area contributed by atoms with Gasteiger partial charge in [-0.15, -0.1) is 11.3 Å². The lowest BCUT2D eigenvalue weighted by Gasteiger charge is -2.18. The first-order chi connectivity index (χ1) is 11.1. The van der Waals surface area contributed by atoms with Crippen LogP contribution in [0.5, 0.6) is 0 Å². The summed E-state index contributed by atoms with van der Waals surface area (Å²) in [7, 11) is 0. The molecule has 118 valence electrons. The van der Waals surface area contributed by atoms with Crippen molar-refractivity contribution in [2.75, 3.05) is 0 Å². The molecule has 0 radical (unpaired) electrons. The van der Waals surface area contributed by atoms with Gasteiger partial charge in [0, 0.05) is 10.9 Å². The summed E-state index contributed by atoms with van der Waals surface area (Å²) in [6, 6.07) is 13.8. The van der Waals surface area contributed by atoms with E-state index in [1.807, 2.05) is 23.6 Å². The second-order valence-electron chi connectivity index (χ2n) is 5.52. The minimum Gasteiger partial charge on any atom is -0.351 e. The summed E-state index contributed by atoms with van der Waals surface area (Å²) < 4.78 is 5.07. The molecule has 4 nitrogen and oxygen atoms in total. The highest BCUT2D eigenvalue weighted by molar-refractivity contribution is 7.10. The van der Waals surface area contributed by atoms with Crippen molar-refractivity contribution in [3.05, 3.63) is 75.3 Å². The van der Waals surface area contributed by atoms with Crippen LogP contribution < -0.4 is 5.32 Å². The second-order valence-corrected chi connectivity index (χ2v) is 6.46. The summed E-state index contributed by atoms with van der Waals surface area (Å²) in [5.41, 5.74) is 3.06. The largest absolute Gasteiger partial charge is 0.351 e. The van der Waals surface area contributed by atoms with E-state index in [2.05, 4.69) is 35.6 Å². The molecular formula is C18H18N2O2S. The van der Waals surface area contributed by atoms with Crippen LogP contribution in [-0.4, -0.2) is 11.1 Å². The molecule has 0 saturated carbocycles. The van der Waals surface area contributed by atoms with E-state index < -0.39 is 0 Å². The van der Waals surface area contributed by atoms with Gasteiger partial charge in [-0.05, 0) is 42.8 Å². The molecule has 3 aromatic rings. The molecule has 0 bridgehead atoms. The van der Waals surface area contributed by atoms with E-state index >= 15 is 0 Å². The Morgan fingerprint density at radius 1 is 1.26 bits per heavy atom. The summed E-state index contributed by atoms with van der Waals surface area (Å²) in [6.07, 6.45) is 0.737. The average molecular weight is 326 g/mol. The molecule has 0 fully saturated rings. The van der Waals surface area contributed by atoms with Crippen LogP contribution in [0.2, 0.25) is 0 Å². The van der Waals surface area contributed by atoms with Crippen molar-refractivity contribution in [1.82, 2.24) is 10.5 Å². The lowest BCUT2D eigenvalue weighted by atomic mass is 10.0. The number of hydrogen-bond acceptors (Lipinski definition) is 4. The highest BCUT2D eigenvalue weighted by Gasteiger charge is 2.21. The van der Waals surface area contributed by atoms with E-state index in [1.54, 1.807) is 24.3 Å². The Bertz CT molecular complexity index is 792. The molecule has 0 spiro atoms. The van der Waals surface area contributed by atoms with Crippen molar-refractivity contribution in [3.8, 4) is 0 Å². The fourth-order valence-corrected chi connectivity index (χ4v) is 3.48. The van der Waals surface area contributed by atoms with E-state index in [9.17, 15) is 4.79 Å². The molecular weight excluding hydrogens is 308 g/mol. The van der Waals surface area contributed by atoms with Gasteiger partial charge in [0.05, 0.1) is 11.7 Å². The van der Waals surface area contributed by atoms with Crippen molar-refractivity contribution in [2.45, 2.75) is 26.3 Å². The summed E-state index contributed by atoms with van der Waals surface area (Å²) in [4.78, 5) is 13.6. The van der Waals surface area contributed by atoms with Crippen molar-refractivity contribution in [2.24, 2.45) is 0 Å². The standard InChI is InChI=1S/C18H18N2O2S/c1-12-8-9-23-17(12)15(11-14-6-4-3-5-7-14)19-18(21)16-10-13(2)20-22-16/h3-10,15H,11H2,1-2H3,(H,19,21). The van der Waals surface area contributed by atoms with Gasteiger partial charge in [-0.2, -0.15) is 0 Å². The Morgan fingerprint density at radius 3 is 2.65 bits per heavy atom. The van der Waals surface area contributed by atoms with Gasteiger partial charge in [-0.1, -0.05) is 35.5 Å². The number of carbonyl (C=O) groups excluding carboxylic acids is 1. The third-order valence-electron chi connectivity index (χ3n) is 3.66. The van der Waals surface area contributed by atoms with Crippen LogP contribution in [0.25, 0.3) is 0 Å². The molecule has 0 aliphatic carbocycles. The van der Waals surface area contributed by atoms with Gasteiger partial charge in [0.1, 0.15) is 0 Å². The van der Waals surface area contributed by atoms with E-state index in [0.717, 1.165) is 6.42 Å². The van der Waals surface area contributed by atoms with Gasteiger partial charge in [0.25, 0.3) is 5.91 Å². The predicted molar refractivity (Wildman–Crippen MR) is 90.6 cm³/mol. The highest BCUT2D eigenvalue weighted by atomic mass is 32.1. The van der Waals surface area contributed by atoms with Crippen LogP contribution in [0.1, 0.15) is 38.3 Å². The van der Waals surface area contributed by atoms with Crippen LogP contribution in [0.15, 0.2) is 52.4 Å². The Labute approximate surface area is 139 Å². The van der Waals surface area contributed by atoms with Crippen molar-refractivity contribution in [3.63, 3.8) is 0 Å². The number of aryl methyl sites for hydroxylation is 2. The van der Waals surface area contributed by atoms with Crippen molar-refractivity contribution in [1.29, 1.82) is 0 Å². The number of nitrogens with zero attached hydrogens (tertiary/aromatic N) is 1. The summed E-state index contributed by atoms with van der Waals surface area (Å²) in [5.74, 6) is 0.00843. The number of rotatable bonds is 5. The molecule has 5 heteroatoms. The maximum atomic E-state index is 12.4. The first-order valence-corrected chi connectivity index (χ1v) is 8.33. The summed E-state index contributed by atoms with van der Waals surface area (Å²) in [5, 5.41) is 8.90. The van der Waals surface area contributed by atoms with Crippen LogP contribution in [0, 0.1) is 13.8 Å². The molecule has 0 aliphatic heterocycles. The quantitative estimate of drug-likeness (QED) is 0.769. The zero-order chi connectivity index (χ0) is 16.2. The Balaban J connectivity index is 1.83. The lowest BCUT2D eigenvalue weighted by molar-refractivity contribution is 0.0899. The normalized spacial score (nSPS) is 12.1. The molecule has 3 rings (SSSR count). The minimum absolute atomic E-state index is 0.0877. The SMILES string of the molecule is Cc1cc(C(=O)NC(Cc2ccccc2)c2sccc2C)on1. The number of carbonyl (C=O) groups is 1. The van der Waals surface area contributed by atoms with Gasteiger partial charge in [0.15, 0.2) is 0 Å².